The molecule has 2 aliphatic carbocycles. The maximum absolute atomic E-state index is 11.8. The maximum atomic E-state index is 11.8. The molecule has 0 saturated heterocycles. The number of carbonyl (C=O) groups is 1. The van der Waals surface area contributed by atoms with Gasteiger partial charge in [0.05, 0.1) is 14.2 Å². The van der Waals surface area contributed by atoms with Crippen LogP contribution in [0.5, 0.6) is 11.5 Å². The molecule has 0 radical (unpaired) electrons. The molecule has 0 fully saturated rings. The van der Waals surface area contributed by atoms with E-state index >= 15 is 0 Å². The summed E-state index contributed by atoms with van der Waals surface area (Å²) in [6, 6.07) is 2.61. The van der Waals surface area contributed by atoms with Gasteiger partial charge >= 0.3 is 0 Å². The fourth-order valence-corrected chi connectivity index (χ4v) is 4.88. The lowest BCUT2D eigenvalue weighted by Gasteiger charge is -2.47. The molecule has 0 bridgehead atoms. The first-order valence-corrected chi connectivity index (χ1v) is 8.80. The van der Waals surface area contributed by atoms with Gasteiger partial charge in [0.2, 0.25) is 0 Å². The summed E-state index contributed by atoms with van der Waals surface area (Å²) in [5.74, 6) is 1.91. The van der Waals surface area contributed by atoms with Gasteiger partial charge in [-0.2, -0.15) is 0 Å². The van der Waals surface area contributed by atoms with E-state index < -0.39 is 0 Å². The van der Waals surface area contributed by atoms with Crippen molar-refractivity contribution in [3.63, 3.8) is 0 Å². The van der Waals surface area contributed by atoms with Crippen LogP contribution in [0.4, 0.5) is 0 Å². The quantitative estimate of drug-likeness (QED) is 0.836. The van der Waals surface area contributed by atoms with Crippen molar-refractivity contribution in [2.24, 2.45) is 0 Å². The first-order valence-electron chi connectivity index (χ1n) is 8.80. The Balaban J connectivity index is 2.01. The Hall–Kier alpha value is -1.81. The van der Waals surface area contributed by atoms with Crippen LogP contribution < -0.4 is 9.47 Å². The Bertz CT molecular complexity index is 724. The second kappa shape index (κ2) is 5.62. The van der Waals surface area contributed by atoms with Crippen molar-refractivity contribution in [2.45, 2.75) is 43.6 Å². The zero-order valence-corrected chi connectivity index (χ0v) is 14.7. The third-order valence-electron chi connectivity index (χ3n) is 6.16. The summed E-state index contributed by atoms with van der Waals surface area (Å²) in [5, 5.41) is 0. The number of hydrogen-bond donors (Lipinski definition) is 0. The van der Waals surface area contributed by atoms with Gasteiger partial charge in [-0.05, 0) is 56.0 Å². The van der Waals surface area contributed by atoms with Crippen LogP contribution >= 0.6 is 0 Å². The Kier molecular flexibility index (Phi) is 3.68. The number of rotatable bonds is 2. The SMILES string of the molecule is COc1cc2c3c(c1OC)C1(C=CC(=O)CC1)CCC3N(C)CC2. The molecule has 24 heavy (non-hydrogen) atoms. The van der Waals surface area contributed by atoms with Crippen molar-refractivity contribution in [2.75, 3.05) is 27.8 Å². The summed E-state index contributed by atoms with van der Waals surface area (Å²) >= 11 is 0. The second-order valence-corrected chi connectivity index (χ2v) is 7.30. The molecular formula is C20H25NO3. The summed E-state index contributed by atoms with van der Waals surface area (Å²) in [6.07, 6.45) is 8.63. The van der Waals surface area contributed by atoms with Crippen LogP contribution in [0.3, 0.4) is 0 Å². The average molecular weight is 327 g/mol. The van der Waals surface area contributed by atoms with Gasteiger partial charge in [0.1, 0.15) is 0 Å². The fourth-order valence-electron chi connectivity index (χ4n) is 4.88. The number of allylic oxidation sites excluding steroid dienone is 2. The number of benzene rings is 1. The molecule has 0 N–H and O–H groups in total. The van der Waals surface area contributed by atoms with Crippen LogP contribution in [0.15, 0.2) is 18.2 Å². The van der Waals surface area contributed by atoms with Crippen LogP contribution in [-0.2, 0) is 16.6 Å². The third kappa shape index (κ3) is 2.12. The van der Waals surface area contributed by atoms with Crippen LogP contribution in [0, 0.1) is 0 Å². The summed E-state index contributed by atoms with van der Waals surface area (Å²) in [5.41, 5.74) is 3.99. The molecule has 2 unspecified atom stereocenters. The van der Waals surface area contributed by atoms with Gasteiger partial charge in [0.15, 0.2) is 17.3 Å². The highest BCUT2D eigenvalue weighted by Crippen LogP contribution is 2.56. The highest BCUT2D eigenvalue weighted by atomic mass is 16.5. The minimum Gasteiger partial charge on any atom is -0.493 e. The molecule has 0 saturated carbocycles. The summed E-state index contributed by atoms with van der Waals surface area (Å²) < 4.78 is 11.5. The molecular weight excluding hydrogens is 302 g/mol. The number of methoxy groups -OCH3 is 2. The van der Waals surface area contributed by atoms with E-state index in [1.807, 2.05) is 0 Å². The predicted molar refractivity (Wildman–Crippen MR) is 92.9 cm³/mol. The molecule has 2 atom stereocenters. The molecule has 1 heterocycles. The topological polar surface area (TPSA) is 38.8 Å². The molecule has 4 nitrogen and oxygen atoms in total. The zero-order chi connectivity index (χ0) is 16.9. The van der Waals surface area contributed by atoms with E-state index in [9.17, 15) is 4.79 Å². The standard InChI is InChI=1S/C20H25NO3/c1-21-11-7-13-12-16(23-2)19(24-3)18-17(13)15(21)6-10-20(18)8-4-14(22)5-9-20/h4,8,12,15H,5-7,9-11H2,1-3H3. The van der Waals surface area contributed by atoms with E-state index in [-0.39, 0.29) is 11.2 Å². The maximum Gasteiger partial charge on any atom is 0.165 e. The molecule has 128 valence electrons. The third-order valence-corrected chi connectivity index (χ3v) is 6.16. The van der Waals surface area contributed by atoms with E-state index in [0.29, 0.717) is 12.5 Å². The Labute approximate surface area is 143 Å². The van der Waals surface area contributed by atoms with Crippen molar-refractivity contribution in [3.05, 3.63) is 34.9 Å². The van der Waals surface area contributed by atoms with Crippen LogP contribution in [0.25, 0.3) is 0 Å². The molecule has 1 aliphatic heterocycles. The molecule has 4 rings (SSSR count). The van der Waals surface area contributed by atoms with E-state index in [1.54, 1.807) is 20.3 Å². The largest absolute Gasteiger partial charge is 0.493 e. The first kappa shape index (κ1) is 15.7. The normalized spacial score (nSPS) is 28.8. The summed E-state index contributed by atoms with van der Waals surface area (Å²) in [7, 11) is 5.65. The second-order valence-electron chi connectivity index (χ2n) is 7.30. The molecule has 0 aromatic heterocycles. The summed E-state index contributed by atoms with van der Waals surface area (Å²) in [6.45, 7) is 1.08. The Morgan fingerprint density at radius 1 is 1.21 bits per heavy atom. The highest BCUT2D eigenvalue weighted by Gasteiger charge is 2.45. The van der Waals surface area contributed by atoms with Crippen molar-refractivity contribution in [1.82, 2.24) is 4.90 Å². The van der Waals surface area contributed by atoms with Gasteiger partial charge < -0.3 is 9.47 Å². The lowest BCUT2D eigenvalue weighted by Crippen LogP contribution is -2.42. The predicted octanol–water partition coefficient (Wildman–Crippen LogP) is 3.18. The smallest absolute Gasteiger partial charge is 0.165 e. The Morgan fingerprint density at radius 2 is 2.04 bits per heavy atom. The van der Waals surface area contributed by atoms with Gasteiger partial charge in [0, 0.05) is 30.0 Å². The monoisotopic (exact) mass is 327 g/mol. The van der Waals surface area contributed by atoms with Crippen molar-refractivity contribution in [1.29, 1.82) is 0 Å². The van der Waals surface area contributed by atoms with Crippen LogP contribution in [0.2, 0.25) is 0 Å². The fraction of sp³-hybridized carbons (Fsp3) is 0.550. The highest BCUT2D eigenvalue weighted by molar-refractivity contribution is 5.91. The number of nitrogens with zero attached hydrogens (tertiary/aromatic N) is 1. The van der Waals surface area contributed by atoms with E-state index in [2.05, 4.69) is 24.1 Å². The zero-order valence-electron chi connectivity index (χ0n) is 14.7. The first-order chi connectivity index (χ1) is 11.6. The number of carbonyl (C=O) groups excluding carboxylic acids is 1. The lowest BCUT2D eigenvalue weighted by molar-refractivity contribution is -0.115. The molecule has 0 amide bonds. The van der Waals surface area contributed by atoms with Crippen molar-refractivity contribution >= 4 is 5.78 Å². The van der Waals surface area contributed by atoms with Gasteiger partial charge in [-0.3, -0.25) is 9.69 Å². The van der Waals surface area contributed by atoms with Gasteiger partial charge in [0.25, 0.3) is 0 Å². The van der Waals surface area contributed by atoms with Crippen LogP contribution in [-0.4, -0.2) is 38.5 Å². The van der Waals surface area contributed by atoms with Crippen LogP contribution in [0.1, 0.15) is 48.4 Å². The van der Waals surface area contributed by atoms with E-state index in [0.717, 1.165) is 43.7 Å². The number of hydrogen-bond acceptors (Lipinski definition) is 4. The number of fused-ring (bicyclic) bond motifs is 1. The molecule has 4 heteroatoms. The van der Waals surface area contributed by atoms with Gasteiger partial charge in [-0.1, -0.05) is 6.08 Å². The van der Waals surface area contributed by atoms with Gasteiger partial charge in [-0.15, -0.1) is 0 Å². The number of likely N-dealkylation sites (N-methyl/N-ethyl adjacent to an activating group) is 1. The molecule has 1 aromatic rings. The van der Waals surface area contributed by atoms with Crippen molar-refractivity contribution < 1.29 is 14.3 Å². The molecule has 1 aromatic carbocycles. The van der Waals surface area contributed by atoms with E-state index in [4.69, 9.17) is 9.47 Å². The molecule has 3 aliphatic rings. The van der Waals surface area contributed by atoms with Crippen molar-refractivity contribution in [3.8, 4) is 11.5 Å². The number of ketones is 1. The average Bonchev–Trinajstić information content (AvgIpc) is 2.61. The molecule has 1 spiro atoms. The van der Waals surface area contributed by atoms with E-state index in [1.165, 1.54) is 16.7 Å². The minimum atomic E-state index is -0.0907. The minimum absolute atomic E-state index is 0.0907. The Morgan fingerprint density at radius 3 is 2.71 bits per heavy atom. The summed E-state index contributed by atoms with van der Waals surface area (Å²) in [4.78, 5) is 14.2. The number of ether oxygens (including phenoxy) is 2. The lowest BCUT2D eigenvalue weighted by atomic mass is 9.62. The van der Waals surface area contributed by atoms with Gasteiger partial charge in [-0.25, -0.2) is 0 Å².